The molecule has 0 saturated carbocycles. The molecule has 0 radical (unpaired) electrons. The Bertz CT molecular complexity index is 291. The van der Waals surface area contributed by atoms with Crippen LogP contribution in [0.15, 0.2) is 0 Å². The van der Waals surface area contributed by atoms with Gasteiger partial charge in [-0.15, -0.1) is 0 Å². The monoisotopic (exact) mass is 283 g/mol. The maximum Gasteiger partial charge on any atom is 0.234 e. The first-order valence-electron chi connectivity index (χ1n) is 8.15. The molecule has 118 valence electrons. The molecule has 1 aliphatic heterocycles. The smallest absolute Gasteiger partial charge is 0.234 e. The van der Waals surface area contributed by atoms with E-state index >= 15 is 0 Å². The first-order chi connectivity index (χ1) is 9.38. The standard InChI is InChI=1S/C16H33N3O/c1-12(2)6-5-7-13(3)18-16(20)11-19-9-8-15(10-19)14(4)17/h12-15H,5-11,17H2,1-4H3,(H,18,20). The number of carbonyl (C=O) groups excluding carboxylic acids is 1. The Hall–Kier alpha value is -0.610. The zero-order valence-corrected chi connectivity index (χ0v) is 13.7. The molecule has 20 heavy (non-hydrogen) atoms. The summed E-state index contributed by atoms with van der Waals surface area (Å²) in [6.07, 6.45) is 4.62. The summed E-state index contributed by atoms with van der Waals surface area (Å²) in [6.45, 7) is 11.1. The van der Waals surface area contributed by atoms with Crippen LogP contribution in [0.1, 0.15) is 53.4 Å². The molecule has 1 saturated heterocycles. The third kappa shape index (κ3) is 6.71. The van der Waals surface area contributed by atoms with Crippen LogP contribution in [-0.4, -0.2) is 42.5 Å². The zero-order chi connectivity index (χ0) is 15.1. The number of hydrogen-bond acceptors (Lipinski definition) is 3. The lowest BCUT2D eigenvalue weighted by molar-refractivity contribution is -0.122. The molecule has 4 nitrogen and oxygen atoms in total. The van der Waals surface area contributed by atoms with Gasteiger partial charge in [-0.1, -0.05) is 26.7 Å². The quantitative estimate of drug-likeness (QED) is 0.716. The van der Waals surface area contributed by atoms with Gasteiger partial charge in [-0.05, 0) is 45.1 Å². The molecule has 1 aliphatic rings. The third-order valence-corrected chi connectivity index (χ3v) is 4.25. The molecule has 0 aromatic carbocycles. The van der Waals surface area contributed by atoms with Gasteiger partial charge in [0.25, 0.3) is 0 Å². The van der Waals surface area contributed by atoms with Gasteiger partial charge >= 0.3 is 0 Å². The highest BCUT2D eigenvalue weighted by molar-refractivity contribution is 5.78. The van der Waals surface area contributed by atoms with E-state index in [9.17, 15) is 4.79 Å². The number of likely N-dealkylation sites (tertiary alicyclic amines) is 1. The fourth-order valence-electron chi connectivity index (χ4n) is 2.86. The molecular formula is C16H33N3O. The minimum absolute atomic E-state index is 0.160. The molecule has 0 aromatic heterocycles. The first-order valence-corrected chi connectivity index (χ1v) is 8.15. The van der Waals surface area contributed by atoms with Gasteiger partial charge in [0.2, 0.25) is 5.91 Å². The molecule has 3 N–H and O–H groups in total. The molecule has 0 aromatic rings. The van der Waals surface area contributed by atoms with E-state index in [1.165, 1.54) is 12.8 Å². The molecule has 3 unspecified atom stereocenters. The number of rotatable bonds is 8. The number of nitrogens with one attached hydrogen (secondary N) is 1. The van der Waals surface area contributed by atoms with E-state index in [0.29, 0.717) is 12.5 Å². The fourth-order valence-corrected chi connectivity index (χ4v) is 2.86. The largest absolute Gasteiger partial charge is 0.353 e. The van der Waals surface area contributed by atoms with Gasteiger partial charge in [0, 0.05) is 18.6 Å². The highest BCUT2D eigenvalue weighted by Gasteiger charge is 2.26. The molecule has 0 spiro atoms. The minimum Gasteiger partial charge on any atom is -0.353 e. The lowest BCUT2D eigenvalue weighted by atomic mass is 10.0. The zero-order valence-electron chi connectivity index (χ0n) is 13.7. The Labute approximate surface area is 124 Å². The topological polar surface area (TPSA) is 58.4 Å². The van der Waals surface area contributed by atoms with Crippen molar-refractivity contribution in [2.75, 3.05) is 19.6 Å². The number of carbonyl (C=O) groups is 1. The maximum atomic E-state index is 12.0. The number of nitrogens with zero attached hydrogens (tertiary/aromatic N) is 1. The van der Waals surface area contributed by atoms with Crippen LogP contribution in [0.25, 0.3) is 0 Å². The van der Waals surface area contributed by atoms with Crippen LogP contribution in [0.2, 0.25) is 0 Å². The van der Waals surface area contributed by atoms with Crippen LogP contribution in [0.4, 0.5) is 0 Å². The van der Waals surface area contributed by atoms with Crippen molar-refractivity contribution in [2.24, 2.45) is 17.6 Å². The van der Waals surface area contributed by atoms with E-state index in [0.717, 1.165) is 31.8 Å². The Morgan fingerprint density at radius 2 is 2.00 bits per heavy atom. The van der Waals surface area contributed by atoms with Gasteiger partial charge in [0.1, 0.15) is 0 Å². The summed E-state index contributed by atoms with van der Waals surface area (Å²) in [7, 11) is 0. The second-order valence-electron chi connectivity index (χ2n) is 6.94. The lowest BCUT2D eigenvalue weighted by Crippen LogP contribution is -2.41. The summed E-state index contributed by atoms with van der Waals surface area (Å²) in [5.74, 6) is 1.45. The predicted octanol–water partition coefficient (Wildman–Crippen LogP) is 1.99. The molecule has 4 heteroatoms. The predicted molar refractivity (Wildman–Crippen MR) is 84.5 cm³/mol. The Morgan fingerprint density at radius 3 is 2.55 bits per heavy atom. The SMILES string of the molecule is CC(C)CCCC(C)NC(=O)CN1CCC(C(C)N)C1. The van der Waals surface area contributed by atoms with E-state index in [4.69, 9.17) is 5.73 Å². The van der Waals surface area contributed by atoms with Crippen molar-refractivity contribution in [3.8, 4) is 0 Å². The van der Waals surface area contributed by atoms with Crippen LogP contribution in [-0.2, 0) is 4.79 Å². The van der Waals surface area contributed by atoms with Crippen molar-refractivity contribution >= 4 is 5.91 Å². The van der Waals surface area contributed by atoms with Crippen molar-refractivity contribution in [3.63, 3.8) is 0 Å². The van der Waals surface area contributed by atoms with Gasteiger partial charge in [-0.2, -0.15) is 0 Å². The summed E-state index contributed by atoms with van der Waals surface area (Å²) < 4.78 is 0. The normalized spacial score (nSPS) is 23.0. The second-order valence-corrected chi connectivity index (χ2v) is 6.94. The minimum atomic E-state index is 0.160. The Morgan fingerprint density at radius 1 is 1.30 bits per heavy atom. The van der Waals surface area contributed by atoms with E-state index < -0.39 is 0 Å². The highest BCUT2D eigenvalue weighted by Crippen LogP contribution is 2.18. The summed E-state index contributed by atoms with van der Waals surface area (Å²) in [5.41, 5.74) is 5.92. The van der Waals surface area contributed by atoms with Crippen molar-refractivity contribution in [1.29, 1.82) is 0 Å². The molecular weight excluding hydrogens is 250 g/mol. The van der Waals surface area contributed by atoms with Crippen molar-refractivity contribution in [2.45, 2.75) is 65.5 Å². The van der Waals surface area contributed by atoms with E-state index in [-0.39, 0.29) is 18.0 Å². The molecule has 1 fully saturated rings. The van der Waals surface area contributed by atoms with Crippen LogP contribution >= 0.6 is 0 Å². The Balaban J connectivity index is 2.17. The van der Waals surface area contributed by atoms with Crippen LogP contribution in [0, 0.1) is 11.8 Å². The van der Waals surface area contributed by atoms with Crippen LogP contribution < -0.4 is 11.1 Å². The molecule has 1 amide bonds. The van der Waals surface area contributed by atoms with Crippen LogP contribution in [0.5, 0.6) is 0 Å². The summed E-state index contributed by atoms with van der Waals surface area (Å²) in [6, 6.07) is 0.520. The van der Waals surface area contributed by atoms with E-state index in [1.807, 2.05) is 0 Å². The fraction of sp³-hybridized carbons (Fsp3) is 0.938. The van der Waals surface area contributed by atoms with Gasteiger partial charge < -0.3 is 11.1 Å². The average Bonchev–Trinajstić information content (AvgIpc) is 2.76. The number of amides is 1. The molecule has 0 bridgehead atoms. The summed E-state index contributed by atoms with van der Waals surface area (Å²) in [4.78, 5) is 14.2. The van der Waals surface area contributed by atoms with Crippen molar-refractivity contribution in [3.05, 3.63) is 0 Å². The molecule has 1 rings (SSSR count). The highest BCUT2D eigenvalue weighted by atomic mass is 16.2. The lowest BCUT2D eigenvalue weighted by Gasteiger charge is -2.19. The Kier molecular flexibility index (Phi) is 7.52. The summed E-state index contributed by atoms with van der Waals surface area (Å²) in [5, 5.41) is 3.11. The summed E-state index contributed by atoms with van der Waals surface area (Å²) >= 11 is 0. The van der Waals surface area contributed by atoms with Gasteiger partial charge in [-0.3, -0.25) is 9.69 Å². The van der Waals surface area contributed by atoms with Gasteiger partial charge in [0.05, 0.1) is 6.54 Å². The first kappa shape index (κ1) is 17.4. The van der Waals surface area contributed by atoms with Gasteiger partial charge in [-0.25, -0.2) is 0 Å². The van der Waals surface area contributed by atoms with Gasteiger partial charge in [0.15, 0.2) is 0 Å². The second kappa shape index (κ2) is 8.63. The number of hydrogen-bond donors (Lipinski definition) is 2. The molecule has 3 atom stereocenters. The molecule has 0 aliphatic carbocycles. The van der Waals surface area contributed by atoms with Crippen molar-refractivity contribution < 1.29 is 4.79 Å². The molecule has 1 heterocycles. The average molecular weight is 283 g/mol. The van der Waals surface area contributed by atoms with Crippen molar-refractivity contribution in [1.82, 2.24) is 10.2 Å². The maximum absolute atomic E-state index is 12.0. The van der Waals surface area contributed by atoms with E-state index in [2.05, 4.69) is 37.9 Å². The van der Waals surface area contributed by atoms with Crippen LogP contribution in [0.3, 0.4) is 0 Å². The third-order valence-electron chi connectivity index (χ3n) is 4.25. The number of nitrogens with two attached hydrogens (primary N) is 1. The van der Waals surface area contributed by atoms with E-state index in [1.54, 1.807) is 0 Å².